The lowest BCUT2D eigenvalue weighted by molar-refractivity contribution is 0.0730. The number of esters is 1. The first-order valence-electron chi connectivity index (χ1n) is 8.64. The van der Waals surface area contributed by atoms with Crippen LogP contribution in [0, 0.1) is 12.7 Å². The molecule has 4 rings (SSSR count). The van der Waals surface area contributed by atoms with Gasteiger partial charge < -0.3 is 9.15 Å². The standard InChI is InChI=1S/C23H15FO4/c1-14-17-12-11-16(27-22(25)18-9-5-6-10-19(18)24)13-20(17)28-23(26)21(14)15-7-3-2-4-8-15/h2-13H,1H3. The van der Waals surface area contributed by atoms with Gasteiger partial charge in [0.15, 0.2) is 0 Å². The first kappa shape index (κ1) is 17.7. The Morgan fingerprint density at radius 2 is 1.68 bits per heavy atom. The van der Waals surface area contributed by atoms with Gasteiger partial charge in [0.2, 0.25) is 0 Å². The van der Waals surface area contributed by atoms with Crippen molar-refractivity contribution in [3.8, 4) is 16.9 Å². The van der Waals surface area contributed by atoms with Crippen LogP contribution in [0.15, 0.2) is 82.0 Å². The Bertz CT molecular complexity index is 1240. The molecular weight excluding hydrogens is 359 g/mol. The zero-order valence-corrected chi connectivity index (χ0v) is 14.9. The molecule has 0 fully saturated rings. The average molecular weight is 374 g/mol. The Kier molecular flexibility index (Phi) is 4.49. The van der Waals surface area contributed by atoms with E-state index >= 15 is 0 Å². The van der Waals surface area contributed by atoms with Crippen LogP contribution >= 0.6 is 0 Å². The molecule has 0 aliphatic rings. The summed E-state index contributed by atoms with van der Waals surface area (Å²) in [6.45, 7) is 1.84. The average Bonchev–Trinajstić information content (AvgIpc) is 2.69. The highest BCUT2D eigenvalue weighted by Crippen LogP contribution is 2.29. The van der Waals surface area contributed by atoms with Crippen LogP contribution in [0.4, 0.5) is 4.39 Å². The number of halogens is 1. The van der Waals surface area contributed by atoms with E-state index in [0.717, 1.165) is 16.5 Å². The van der Waals surface area contributed by atoms with Gasteiger partial charge in [-0.1, -0.05) is 42.5 Å². The minimum absolute atomic E-state index is 0.163. The number of benzene rings is 3. The third-order valence-electron chi connectivity index (χ3n) is 4.51. The molecule has 3 aromatic carbocycles. The van der Waals surface area contributed by atoms with E-state index in [2.05, 4.69) is 0 Å². The van der Waals surface area contributed by atoms with Crippen LogP contribution in [0.2, 0.25) is 0 Å². The second-order valence-corrected chi connectivity index (χ2v) is 6.28. The van der Waals surface area contributed by atoms with Crippen LogP contribution in [0.3, 0.4) is 0 Å². The van der Waals surface area contributed by atoms with E-state index < -0.39 is 17.4 Å². The lowest BCUT2D eigenvalue weighted by Crippen LogP contribution is -2.11. The summed E-state index contributed by atoms with van der Waals surface area (Å²) in [5.41, 5.74) is 1.67. The molecule has 0 saturated heterocycles. The van der Waals surface area contributed by atoms with Crippen LogP contribution in [0.5, 0.6) is 5.75 Å². The molecule has 0 aliphatic carbocycles. The summed E-state index contributed by atoms with van der Waals surface area (Å²) < 4.78 is 24.4. The quantitative estimate of drug-likeness (QED) is 0.283. The maximum absolute atomic E-state index is 13.7. The van der Waals surface area contributed by atoms with Crippen LogP contribution in [0.1, 0.15) is 15.9 Å². The summed E-state index contributed by atoms with van der Waals surface area (Å²) in [4.78, 5) is 24.7. The second-order valence-electron chi connectivity index (χ2n) is 6.28. The number of carbonyl (C=O) groups excluding carboxylic acids is 1. The van der Waals surface area contributed by atoms with Crippen molar-refractivity contribution in [3.63, 3.8) is 0 Å². The Morgan fingerprint density at radius 3 is 2.43 bits per heavy atom. The lowest BCUT2D eigenvalue weighted by atomic mass is 10.00. The molecule has 1 heterocycles. The molecule has 0 spiro atoms. The van der Waals surface area contributed by atoms with E-state index in [1.165, 1.54) is 24.3 Å². The first-order chi connectivity index (χ1) is 13.5. The summed E-state index contributed by atoms with van der Waals surface area (Å²) in [7, 11) is 0. The normalized spacial score (nSPS) is 10.8. The minimum atomic E-state index is -0.822. The van der Waals surface area contributed by atoms with Crippen molar-refractivity contribution in [2.75, 3.05) is 0 Å². The van der Waals surface area contributed by atoms with Crippen molar-refractivity contribution < 1.29 is 18.3 Å². The van der Waals surface area contributed by atoms with Crippen molar-refractivity contribution >= 4 is 16.9 Å². The molecule has 1 aromatic heterocycles. The number of hydrogen-bond acceptors (Lipinski definition) is 4. The van der Waals surface area contributed by atoms with Crippen molar-refractivity contribution in [1.82, 2.24) is 0 Å². The molecule has 138 valence electrons. The monoisotopic (exact) mass is 374 g/mol. The number of hydrogen-bond donors (Lipinski definition) is 0. The molecule has 0 radical (unpaired) electrons. The number of ether oxygens (including phenoxy) is 1. The first-order valence-corrected chi connectivity index (χ1v) is 8.64. The highest BCUT2D eigenvalue weighted by Gasteiger charge is 2.16. The summed E-state index contributed by atoms with van der Waals surface area (Å²) in [6.07, 6.45) is 0. The Hall–Kier alpha value is -3.73. The van der Waals surface area contributed by atoms with E-state index in [0.29, 0.717) is 11.1 Å². The molecule has 4 nitrogen and oxygen atoms in total. The summed E-state index contributed by atoms with van der Waals surface area (Å²) in [6, 6.07) is 19.6. The van der Waals surface area contributed by atoms with Crippen molar-refractivity contribution in [1.29, 1.82) is 0 Å². The van der Waals surface area contributed by atoms with Gasteiger partial charge >= 0.3 is 11.6 Å². The van der Waals surface area contributed by atoms with Gasteiger partial charge in [0, 0.05) is 11.5 Å². The number of rotatable bonds is 3. The van der Waals surface area contributed by atoms with Gasteiger partial charge in [-0.2, -0.15) is 0 Å². The fourth-order valence-electron chi connectivity index (χ4n) is 3.13. The van der Waals surface area contributed by atoms with Gasteiger partial charge in [0.05, 0.1) is 11.1 Å². The Balaban J connectivity index is 1.74. The SMILES string of the molecule is Cc1c(-c2ccccc2)c(=O)oc2cc(OC(=O)c3ccccc3F)ccc12. The van der Waals surface area contributed by atoms with Crippen LogP contribution in [-0.4, -0.2) is 5.97 Å². The predicted molar refractivity (Wildman–Crippen MR) is 104 cm³/mol. The summed E-state index contributed by atoms with van der Waals surface area (Å²) >= 11 is 0. The molecular formula is C23H15FO4. The van der Waals surface area contributed by atoms with Crippen LogP contribution < -0.4 is 10.4 Å². The third kappa shape index (κ3) is 3.18. The van der Waals surface area contributed by atoms with E-state index in [9.17, 15) is 14.0 Å². The van der Waals surface area contributed by atoms with Gasteiger partial charge in [-0.3, -0.25) is 0 Å². The van der Waals surface area contributed by atoms with Gasteiger partial charge in [-0.05, 0) is 42.3 Å². The van der Waals surface area contributed by atoms with Crippen molar-refractivity contribution in [2.45, 2.75) is 6.92 Å². The molecule has 0 N–H and O–H groups in total. The molecule has 5 heteroatoms. The zero-order chi connectivity index (χ0) is 19.7. The van der Waals surface area contributed by atoms with E-state index in [1.807, 2.05) is 37.3 Å². The molecule has 0 atom stereocenters. The van der Waals surface area contributed by atoms with E-state index in [-0.39, 0.29) is 11.3 Å². The molecule has 0 bridgehead atoms. The molecule has 0 unspecified atom stereocenters. The predicted octanol–water partition coefficient (Wildman–Crippen LogP) is 5.13. The highest BCUT2D eigenvalue weighted by atomic mass is 19.1. The summed E-state index contributed by atoms with van der Waals surface area (Å²) in [5, 5.41) is 0.726. The van der Waals surface area contributed by atoms with Crippen LogP contribution in [0.25, 0.3) is 22.1 Å². The van der Waals surface area contributed by atoms with Gasteiger partial charge in [-0.15, -0.1) is 0 Å². The number of aryl methyl sites for hydroxylation is 1. The number of fused-ring (bicyclic) bond motifs is 1. The topological polar surface area (TPSA) is 56.5 Å². The third-order valence-corrected chi connectivity index (χ3v) is 4.51. The van der Waals surface area contributed by atoms with Crippen molar-refractivity contribution in [2.24, 2.45) is 0 Å². The van der Waals surface area contributed by atoms with Gasteiger partial charge in [0.25, 0.3) is 0 Å². The van der Waals surface area contributed by atoms with E-state index in [1.54, 1.807) is 18.2 Å². The largest absolute Gasteiger partial charge is 0.423 e. The fourth-order valence-corrected chi connectivity index (χ4v) is 3.13. The molecule has 28 heavy (non-hydrogen) atoms. The molecule has 0 aliphatic heterocycles. The molecule has 0 amide bonds. The van der Waals surface area contributed by atoms with Gasteiger partial charge in [0.1, 0.15) is 17.1 Å². The minimum Gasteiger partial charge on any atom is -0.423 e. The van der Waals surface area contributed by atoms with E-state index in [4.69, 9.17) is 9.15 Å². The maximum atomic E-state index is 13.7. The zero-order valence-electron chi connectivity index (χ0n) is 14.9. The van der Waals surface area contributed by atoms with Crippen molar-refractivity contribution in [3.05, 3.63) is 100 Å². The van der Waals surface area contributed by atoms with Crippen LogP contribution in [-0.2, 0) is 0 Å². The lowest BCUT2D eigenvalue weighted by Gasteiger charge is -2.10. The second kappa shape index (κ2) is 7.12. The smallest absolute Gasteiger partial charge is 0.346 e. The fraction of sp³-hybridized carbons (Fsp3) is 0.0435. The Labute approximate surface area is 159 Å². The molecule has 0 saturated carbocycles. The van der Waals surface area contributed by atoms with Gasteiger partial charge in [-0.25, -0.2) is 14.0 Å². The summed E-state index contributed by atoms with van der Waals surface area (Å²) in [5.74, 6) is -1.32. The highest BCUT2D eigenvalue weighted by molar-refractivity contribution is 5.92. The maximum Gasteiger partial charge on any atom is 0.346 e. The number of carbonyl (C=O) groups is 1. The molecule has 4 aromatic rings. The Morgan fingerprint density at radius 1 is 0.964 bits per heavy atom.